The van der Waals surface area contributed by atoms with Gasteiger partial charge in [0.05, 0.1) is 11.6 Å². The lowest BCUT2D eigenvalue weighted by molar-refractivity contribution is -0.121. The summed E-state index contributed by atoms with van der Waals surface area (Å²) in [5.41, 5.74) is 11.2. The highest BCUT2D eigenvalue weighted by molar-refractivity contribution is 5.91. The molecule has 1 unspecified atom stereocenters. The Bertz CT molecular complexity index is 550. The summed E-state index contributed by atoms with van der Waals surface area (Å²) >= 11 is 0. The zero-order valence-corrected chi connectivity index (χ0v) is 11.6. The maximum Gasteiger partial charge on any atom is 0.225 e. The van der Waals surface area contributed by atoms with Crippen LogP contribution in [0.3, 0.4) is 0 Å². The minimum atomic E-state index is -0.512. The van der Waals surface area contributed by atoms with Gasteiger partial charge in [-0.3, -0.25) is 9.59 Å². The summed E-state index contributed by atoms with van der Waals surface area (Å²) in [6.45, 7) is 1.93. The number of primary amides is 1. The van der Waals surface area contributed by atoms with Crippen LogP contribution in [-0.4, -0.2) is 36.3 Å². The Balaban J connectivity index is 1.77. The number of halogens is 1. The molecule has 0 aliphatic carbocycles. The van der Waals surface area contributed by atoms with Gasteiger partial charge in [-0.2, -0.15) is 0 Å². The van der Waals surface area contributed by atoms with E-state index in [2.05, 4.69) is 5.32 Å². The summed E-state index contributed by atoms with van der Waals surface area (Å²) in [4.78, 5) is 24.9. The molecular formula is C14H19FN4O2. The molecular weight excluding hydrogens is 275 g/mol. The van der Waals surface area contributed by atoms with E-state index >= 15 is 0 Å². The second kappa shape index (κ2) is 6.53. The van der Waals surface area contributed by atoms with E-state index in [9.17, 15) is 14.0 Å². The predicted molar refractivity (Wildman–Crippen MR) is 77.8 cm³/mol. The van der Waals surface area contributed by atoms with E-state index in [0.29, 0.717) is 25.2 Å². The average molecular weight is 294 g/mol. The van der Waals surface area contributed by atoms with Crippen LogP contribution in [0.2, 0.25) is 0 Å². The Morgan fingerprint density at radius 2 is 2.19 bits per heavy atom. The molecule has 1 saturated heterocycles. The maximum absolute atomic E-state index is 13.0. The summed E-state index contributed by atoms with van der Waals surface area (Å²) in [6, 6.07) is 4.05. The van der Waals surface area contributed by atoms with Crippen molar-refractivity contribution in [3.63, 3.8) is 0 Å². The summed E-state index contributed by atoms with van der Waals surface area (Å²) in [5.74, 6) is -1.10. The molecule has 5 N–H and O–H groups in total. The lowest BCUT2D eigenvalue weighted by Gasteiger charge is -2.15. The summed E-state index contributed by atoms with van der Waals surface area (Å²) in [5, 5.41) is 2.66. The van der Waals surface area contributed by atoms with Crippen molar-refractivity contribution in [2.45, 2.75) is 12.8 Å². The number of hydrogen-bond acceptors (Lipinski definition) is 4. The molecule has 1 aliphatic heterocycles. The number of nitrogen functional groups attached to an aromatic ring is 1. The molecule has 0 spiro atoms. The summed E-state index contributed by atoms with van der Waals surface area (Å²) in [6.07, 6.45) is 1.04. The number of likely N-dealkylation sites (tertiary alicyclic amines) is 1. The fraction of sp³-hybridized carbons (Fsp3) is 0.429. The average Bonchev–Trinajstić information content (AvgIpc) is 2.90. The molecule has 0 bridgehead atoms. The van der Waals surface area contributed by atoms with Crippen LogP contribution < -0.4 is 16.8 Å². The Morgan fingerprint density at radius 1 is 1.43 bits per heavy atom. The molecule has 1 heterocycles. The second-order valence-corrected chi connectivity index (χ2v) is 5.22. The number of nitrogens with zero attached hydrogens (tertiary/aromatic N) is 1. The van der Waals surface area contributed by atoms with Gasteiger partial charge in [0.15, 0.2) is 0 Å². The lowest BCUT2D eigenvalue weighted by atomic mass is 10.1. The number of nitrogens with two attached hydrogens (primary N) is 2. The molecule has 21 heavy (non-hydrogen) atoms. The third-order valence-electron chi connectivity index (χ3n) is 3.61. The van der Waals surface area contributed by atoms with Gasteiger partial charge in [-0.1, -0.05) is 0 Å². The SMILES string of the molecule is NC(=O)C1CCN(CCC(=O)Nc2ccc(F)c(N)c2)C1. The van der Waals surface area contributed by atoms with Gasteiger partial charge in [0.1, 0.15) is 5.82 Å². The maximum atomic E-state index is 13.0. The zero-order valence-electron chi connectivity index (χ0n) is 11.6. The number of amides is 2. The zero-order chi connectivity index (χ0) is 15.4. The number of anilines is 2. The third-order valence-corrected chi connectivity index (χ3v) is 3.61. The smallest absolute Gasteiger partial charge is 0.225 e. The molecule has 1 aromatic carbocycles. The monoisotopic (exact) mass is 294 g/mol. The Morgan fingerprint density at radius 3 is 2.81 bits per heavy atom. The van der Waals surface area contributed by atoms with Crippen molar-refractivity contribution in [1.29, 1.82) is 0 Å². The van der Waals surface area contributed by atoms with Crippen LogP contribution >= 0.6 is 0 Å². The molecule has 6 nitrogen and oxygen atoms in total. The number of nitrogens with one attached hydrogen (secondary N) is 1. The summed E-state index contributed by atoms with van der Waals surface area (Å²) < 4.78 is 13.0. The molecule has 1 aromatic rings. The van der Waals surface area contributed by atoms with Gasteiger partial charge < -0.3 is 21.7 Å². The van der Waals surface area contributed by atoms with Crippen molar-refractivity contribution in [1.82, 2.24) is 4.90 Å². The highest BCUT2D eigenvalue weighted by atomic mass is 19.1. The van der Waals surface area contributed by atoms with Crippen LogP contribution in [0.4, 0.5) is 15.8 Å². The Hall–Kier alpha value is -2.15. The quantitative estimate of drug-likeness (QED) is 0.690. The first kappa shape index (κ1) is 15.2. The fourth-order valence-electron chi connectivity index (χ4n) is 2.37. The van der Waals surface area contributed by atoms with E-state index < -0.39 is 5.82 Å². The first-order chi connectivity index (χ1) is 9.95. The van der Waals surface area contributed by atoms with Gasteiger partial charge in [-0.25, -0.2) is 4.39 Å². The molecule has 1 atom stereocenters. The van der Waals surface area contributed by atoms with Crippen molar-refractivity contribution in [3.05, 3.63) is 24.0 Å². The number of carbonyl (C=O) groups is 2. The van der Waals surface area contributed by atoms with E-state index in [4.69, 9.17) is 11.5 Å². The number of benzene rings is 1. The van der Waals surface area contributed by atoms with Crippen molar-refractivity contribution < 1.29 is 14.0 Å². The van der Waals surface area contributed by atoms with Crippen molar-refractivity contribution in [2.75, 3.05) is 30.7 Å². The van der Waals surface area contributed by atoms with Crippen LogP contribution in [0.25, 0.3) is 0 Å². The molecule has 7 heteroatoms. The number of carbonyl (C=O) groups excluding carboxylic acids is 2. The van der Waals surface area contributed by atoms with Gasteiger partial charge in [-0.05, 0) is 31.2 Å². The fourth-order valence-corrected chi connectivity index (χ4v) is 2.37. The molecule has 1 fully saturated rings. The van der Waals surface area contributed by atoms with Gasteiger partial charge in [-0.15, -0.1) is 0 Å². The molecule has 0 aromatic heterocycles. The van der Waals surface area contributed by atoms with Crippen LogP contribution in [0.5, 0.6) is 0 Å². The Kier molecular flexibility index (Phi) is 4.74. The van der Waals surface area contributed by atoms with Crippen molar-refractivity contribution in [2.24, 2.45) is 11.7 Å². The van der Waals surface area contributed by atoms with E-state index in [1.54, 1.807) is 0 Å². The number of hydrogen-bond donors (Lipinski definition) is 3. The van der Waals surface area contributed by atoms with Crippen molar-refractivity contribution >= 4 is 23.2 Å². The van der Waals surface area contributed by atoms with Gasteiger partial charge in [0.2, 0.25) is 11.8 Å². The van der Waals surface area contributed by atoms with Gasteiger partial charge in [0, 0.05) is 25.2 Å². The molecule has 0 saturated carbocycles. The minimum Gasteiger partial charge on any atom is -0.396 e. The van der Waals surface area contributed by atoms with Crippen LogP contribution in [-0.2, 0) is 9.59 Å². The first-order valence-corrected chi connectivity index (χ1v) is 6.82. The van der Waals surface area contributed by atoms with E-state index in [-0.39, 0.29) is 23.4 Å². The summed E-state index contributed by atoms with van der Waals surface area (Å²) in [7, 11) is 0. The highest BCUT2D eigenvalue weighted by Crippen LogP contribution is 2.18. The minimum absolute atomic E-state index is 0.00311. The largest absolute Gasteiger partial charge is 0.396 e. The van der Waals surface area contributed by atoms with Gasteiger partial charge >= 0.3 is 0 Å². The van der Waals surface area contributed by atoms with Crippen LogP contribution in [0.1, 0.15) is 12.8 Å². The van der Waals surface area contributed by atoms with Crippen LogP contribution in [0.15, 0.2) is 18.2 Å². The number of rotatable bonds is 5. The van der Waals surface area contributed by atoms with E-state index in [1.807, 2.05) is 4.90 Å². The third kappa shape index (κ3) is 4.16. The molecule has 2 amide bonds. The lowest BCUT2D eigenvalue weighted by Crippen LogP contribution is -2.29. The van der Waals surface area contributed by atoms with E-state index in [1.165, 1.54) is 18.2 Å². The first-order valence-electron chi connectivity index (χ1n) is 6.82. The van der Waals surface area contributed by atoms with Crippen LogP contribution in [0, 0.1) is 11.7 Å². The molecule has 114 valence electrons. The predicted octanol–water partition coefficient (Wildman–Crippen LogP) is 0.544. The standard InChI is InChI=1S/C14H19FN4O2/c15-11-2-1-10(7-12(11)16)18-13(20)4-6-19-5-3-9(8-19)14(17)21/h1-2,7,9H,3-6,8,16H2,(H2,17,21)(H,18,20). The van der Waals surface area contributed by atoms with E-state index in [0.717, 1.165) is 13.0 Å². The normalized spacial score (nSPS) is 18.6. The van der Waals surface area contributed by atoms with Crippen molar-refractivity contribution in [3.8, 4) is 0 Å². The van der Waals surface area contributed by atoms with Gasteiger partial charge in [0.25, 0.3) is 0 Å². The second-order valence-electron chi connectivity index (χ2n) is 5.22. The molecule has 2 rings (SSSR count). The molecule has 0 radical (unpaired) electrons. The Labute approximate surface area is 122 Å². The highest BCUT2D eigenvalue weighted by Gasteiger charge is 2.26. The molecule has 1 aliphatic rings. The topological polar surface area (TPSA) is 101 Å².